The maximum atomic E-state index is 13.2. The Balaban J connectivity index is 1.74. The Bertz CT molecular complexity index is 989. The second-order valence-corrected chi connectivity index (χ2v) is 8.95. The molecule has 1 atom stereocenters. The lowest BCUT2D eigenvalue weighted by atomic mass is 9.93. The minimum atomic E-state index is -1.27. The SMILES string of the molecule is CCCC(C)(NC(=O)OCC1c2ccccc2-c2ccccc21)C(=O)N(CC(=O)O)C(C)C. The highest BCUT2D eigenvalue weighted by atomic mass is 16.5. The van der Waals surface area contributed by atoms with E-state index in [1.54, 1.807) is 20.8 Å². The predicted molar refractivity (Wildman–Crippen MR) is 126 cm³/mol. The van der Waals surface area contributed by atoms with Gasteiger partial charge in [-0.3, -0.25) is 9.59 Å². The number of rotatable bonds is 9. The number of hydrogen-bond acceptors (Lipinski definition) is 4. The summed E-state index contributed by atoms with van der Waals surface area (Å²) < 4.78 is 5.62. The van der Waals surface area contributed by atoms with E-state index in [9.17, 15) is 19.5 Å². The van der Waals surface area contributed by atoms with Crippen LogP contribution in [-0.2, 0) is 14.3 Å². The monoisotopic (exact) mass is 452 g/mol. The van der Waals surface area contributed by atoms with Gasteiger partial charge in [-0.05, 0) is 49.4 Å². The van der Waals surface area contributed by atoms with Crippen LogP contribution in [0.1, 0.15) is 57.6 Å². The molecule has 0 spiro atoms. The second-order valence-electron chi connectivity index (χ2n) is 8.95. The van der Waals surface area contributed by atoms with Crippen molar-refractivity contribution in [2.24, 2.45) is 0 Å². The maximum absolute atomic E-state index is 13.2. The van der Waals surface area contributed by atoms with Crippen LogP contribution >= 0.6 is 0 Å². The van der Waals surface area contributed by atoms with Crippen molar-refractivity contribution in [3.05, 3.63) is 59.7 Å². The van der Waals surface area contributed by atoms with Crippen LogP contribution in [-0.4, -0.2) is 52.7 Å². The Hall–Kier alpha value is -3.35. The molecule has 1 unspecified atom stereocenters. The van der Waals surface area contributed by atoms with E-state index < -0.39 is 30.1 Å². The van der Waals surface area contributed by atoms with Crippen LogP contribution in [0.4, 0.5) is 4.79 Å². The lowest BCUT2D eigenvalue weighted by Crippen LogP contribution is -2.60. The zero-order chi connectivity index (χ0) is 24.2. The first-order chi connectivity index (χ1) is 15.7. The molecule has 0 heterocycles. The maximum Gasteiger partial charge on any atom is 0.408 e. The summed E-state index contributed by atoms with van der Waals surface area (Å²) in [5.74, 6) is -1.62. The van der Waals surface area contributed by atoms with Crippen molar-refractivity contribution in [1.82, 2.24) is 10.2 Å². The van der Waals surface area contributed by atoms with Gasteiger partial charge in [0.2, 0.25) is 5.91 Å². The van der Waals surface area contributed by atoms with Crippen LogP contribution in [0.3, 0.4) is 0 Å². The van der Waals surface area contributed by atoms with Gasteiger partial charge in [0.1, 0.15) is 18.7 Å². The Labute approximate surface area is 194 Å². The second kappa shape index (κ2) is 10.1. The van der Waals surface area contributed by atoms with Crippen LogP contribution < -0.4 is 5.32 Å². The molecule has 7 heteroatoms. The molecular weight excluding hydrogens is 420 g/mol. The van der Waals surface area contributed by atoms with Gasteiger partial charge < -0.3 is 20.1 Å². The molecule has 0 saturated heterocycles. The van der Waals surface area contributed by atoms with Crippen LogP contribution in [0.25, 0.3) is 11.1 Å². The first kappa shape index (κ1) is 24.3. The quantitative estimate of drug-likeness (QED) is 0.588. The van der Waals surface area contributed by atoms with Gasteiger partial charge in [-0.25, -0.2) is 4.79 Å². The van der Waals surface area contributed by atoms with Crippen LogP contribution in [0, 0.1) is 0 Å². The first-order valence-electron chi connectivity index (χ1n) is 11.3. The summed E-state index contributed by atoms with van der Waals surface area (Å²) in [5.41, 5.74) is 3.21. The number of amides is 2. The Morgan fingerprint density at radius 1 is 1.06 bits per heavy atom. The molecular formula is C26H32N2O5. The fourth-order valence-corrected chi connectivity index (χ4v) is 4.53. The topological polar surface area (TPSA) is 95.9 Å². The normalized spacial score (nSPS) is 14.2. The average molecular weight is 453 g/mol. The molecule has 0 aliphatic heterocycles. The van der Waals surface area contributed by atoms with E-state index in [4.69, 9.17) is 4.74 Å². The molecule has 0 saturated carbocycles. The number of nitrogens with one attached hydrogen (secondary N) is 1. The van der Waals surface area contributed by atoms with E-state index in [0.717, 1.165) is 22.3 Å². The van der Waals surface area contributed by atoms with Crippen molar-refractivity contribution in [1.29, 1.82) is 0 Å². The van der Waals surface area contributed by atoms with Crippen molar-refractivity contribution < 1.29 is 24.2 Å². The van der Waals surface area contributed by atoms with Gasteiger partial charge in [0.25, 0.3) is 0 Å². The highest BCUT2D eigenvalue weighted by molar-refractivity contribution is 5.91. The van der Waals surface area contributed by atoms with Gasteiger partial charge >= 0.3 is 12.1 Å². The summed E-state index contributed by atoms with van der Waals surface area (Å²) in [6, 6.07) is 15.8. The molecule has 3 rings (SSSR count). The molecule has 0 bridgehead atoms. The zero-order valence-corrected chi connectivity index (χ0v) is 19.6. The lowest BCUT2D eigenvalue weighted by molar-refractivity contribution is -0.149. The molecule has 176 valence electrons. The number of benzene rings is 2. The number of alkyl carbamates (subject to hydrolysis) is 1. The molecule has 2 aromatic carbocycles. The number of fused-ring (bicyclic) bond motifs is 3. The predicted octanol–water partition coefficient (Wildman–Crippen LogP) is 4.41. The van der Waals surface area contributed by atoms with Crippen LogP contribution in [0.15, 0.2) is 48.5 Å². The summed E-state index contributed by atoms with van der Waals surface area (Å²) in [5, 5.41) is 11.9. The van der Waals surface area contributed by atoms with Gasteiger partial charge in [-0.15, -0.1) is 0 Å². The number of nitrogens with zero attached hydrogens (tertiary/aromatic N) is 1. The summed E-state index contributed by atoms with van der Waals surface area (Å²) in [7, 11) is 0. The third-order valence-electron chi connectivity index (χ3n) is 6.13. The van der Waals surface area contributed by atoms with E-state index in [1.165, 1.54) is 4.90 Å². The van der Waals surface area contributed by atoms with Crippen LogP contribution in [0.5, 0.6) is 0 Å². The Morgan fingerprint density at radius 2 is 1.61 bits per heavy atom. The van der Waals surface area contributed by atoms with Gasteiger partial charge in [0, 0.05) is 12.0 Å². The molecule has 2 aromatic rings. The van der Waals surface area contributed by atoms with E-state index in [-0.39, 0.29) is 18.6 Å². The number of carbonyl (C=O) groups excluding carboxylic acids is 2. The Morgan fingerprint density at radius 3 is 2.09 bits per heavy atom. The molecule has 0 radical (unpaired) electrons. The van der Waals surface area contributed by atoms with Crippen LogP contribution in [0.2, 0.25) is 0 Å². The highest BCUT2D eigenvalue weighted by Crippen LogP contribution is 2.44. The van der Waals surface area contributed by atoms with Gasteiger partial charge in [-0.2, -0.15) is 0 Å². The summed E-state index contributed by atoms with van der Waals surface area (Å²) in [6.07, 6.45) is 0.296. The molecule has 2 N–H and O–H groups in total. The molecule has 1 aliphatic carbocycles. The van der Waals surface area contributed by atoms with E-state index >= 15 is 0 Å². The van der Waals surface area contributed by atoms with Crippen molar-refractivity contribution in [3.8, 4) is 11.1 Å². The third kappa shape index (κ3) is 5.18. The third-order valence-corrected chi connectivity index (χ3v) is 6.13. The van der Waals surface area contributed by atoms with Crippen molar-refractivity contribution >= 4 is 18.0 Å². The number of ether oxygens (including phenoxy) is 1. The molecule has 0 fully saturated rings. The number of carboxylic acid groups (broad SMARTS) is 1. The fraction of sp³-hybridized carbons (Fsp3) is 0.423. The van der Waals surface area contributed by atoms with Gasteiger partial charge in [0.15, 0.2) is 0 Å². The molecule has 1 aliphatic rings. The average Bonchev–Trinajstić information content (AvgIpc) is 3.09. The minimum Gasteiger partial charge on any atom is -0.480 e. The summed E-state index contributed by atoms with van der Waals surface area (Å²) >= 11 is 0. The molecule has 0 aromatic heterocycles. The molecule has 2 amide bonds. The van der Waals surface area contributed by atoms with Crippen molar-refractivity contribution in [3.63, 3.8) is 0 Å². The Kier molecular flexibility index (Phi) is 7.41. The first-order valence-corrected chi connectivity index (χ1v) is 11.3. The number of aliphatic carboxylic acids is 1. The standard InChI is InChI=1S/C26H32N2O5/c1-5-14-26(4,24(31)28(17(2)3)15-23(29)30)27-25(32)33-16-22-20-12-8-6-10-18(20)19-11-7-9-13-21(19)22/h6-13,17,22H,5,14-16H2,1-4H3,(H,27,32)(H,29,30). The zero-order valence-electron chi connectivity index (χ0n) is 19.6. The van der Waals surface area contributed by atoms with Crippen molar-refractivity contribution in [2.45, 2.75) is 58.0 Å². The van der Waals surface area contributed by atoms with Gasteiger partial charge in [-0.1, -0.05) is 61.9 Å². The minimum absolute atomic E-state index is 0.0875. The van der Waals surface area contributed by atoms with Crippen molar-refractivity contribution in [2.75, 3.05) is 13.2 Å². The smallest absolute Gasteiger partial charge is 0.408 e. The molecule has 7 nitrogen and oxygen atoms in total. The van der Waals surface area contributed by atoms with E-state index in [0.29, 0.717) is 12.8 Å². The van der Waals surface area contributed by atoms with E-state index in [1.807, 2.05) is 43.3 Å². The van der Waals surface area contributed by atoms with E-state index in [2.05, 4.69) is 17.4 Å². The lowest BCUT2D eigenvalue weighted by Gasteiger charge is -2.36. The highest BCUT2D eigenvalue weighted by Gasteiger charge is 2.40. The largest absolute Gasteiger partial charge is 0.480 e. The fourth-order valence-electron chi connectivity index (χ4n) is 4.53. The summed E-state index contributed by atoms with van der Waals surface area (Å²) in [4.78, 5) is 38.6. The summed E-state index contributed by atoms with van der Waals surface area (Å²) in [6.45, 7) is 6.74. The number of carbonyl (C=O) groups is 3. The van der Waals surface area contributed by atoms with Gasteiger partial charge in [0.05, 0.1) is 0 Å². The number of hydrogen-bond donors (Lipinski definition) is 2. The number of carboxylic acids is 1. The molecule has 33 heavy (non-hydrogen) atoms.